The summed E-state index contributed by atoms with van der Waals surface area (Å²) >= 11 is 0. The van der Waals surface area contributed by atoms with Gasteiger partial charge in [-0.1, -0.05) is 6.07 Å². The first kappa shape index (κ1) is 20.2. The Bertz CT molecular complexity index is 824. The Morgan fingerprint density at radius 1 is 1.07 bits per heavy atom. The van der Waals surface area contributed by atoms with Crippen LogP contribution in [0.2, 0.25) is 0 Å². The van der Waals surface area contributed by atoms with E-state index in [0.29, 0.717) is 0 Å². The van der Waals surface area contributed by atoms with Crippen molar-refractivity contribution in [3.63, 3.8) is 0 Å². The highest BCUT2D eigenvalue weighted by molar-refractivity contribution is 5.86. The van der Waals surface area contributed by atoms with Crippen molar-refractivity contribution >= 4 is 23.5 Å². The second-order valence-electron chi connectivity index (χ2n) is 5.05. The number of amides is 1. The summed E-state index contributed by atoms with van der Waals surface area (Å²) in [6.07, 6.45) is -9.27. The van der Waals surface area contributed by atoms with Crippen molar-refractivity contribution in [3.05, 3.63) is 29.8 Å². The number of benzene rings is 1. The molecule has 2 aromatic rings. The number of nitrogens with one attached hydrogen (secondary N) is 2. The van der Waals surface area contributed by atoms with Crippen molar-refractivity contribution in [1.82, 2.24) is 15.0 Å². The molecule has 1 aromatic heterocycles. The van der Waals surface area contributed by atoms with Crippen molar-refractivity contribution < 1.29 is 35.9 Å². The highest BCUT2D eigenvalue weighted by Gasteiger charge is 2.31. The topological polar surface area (TPSA) is 89.0 Å². The van der Waals surface area contributed by atoms with Crippen LogP contribution in [0.3, 0.4) is 0 Å². The number of halogens is 6. The maximum Gasteiger partial charge on any atom is 0.422 e. The van der Waals surface area contributed by atoms with Gasteiger partial charge in [-0.2, -0.15) is 41.3 Å². The van der Waals surface area contributed by atoms with Crippen LogP contribution in [-0.4, -0.2) is 33.6 Å². The Hall–Kier alpha value is -3.12. The molecule has 146 valence electrons. The molecule has 2 rings (SSSR count). The molecule has 0 aliphatic heterocycles. The fourth-order valence-corrected chi connectivity index (χ4v) is 1.74. The number of hydrogen-bond acceptors (Lipinski definition) is 6. The average Bonchev–Trinajstić information content (AvgIpc) is 2.51. The second kappa shape index (κ2) is 7.63. The fourth-order valence-electron chi connectivity index (χ4n) is 1.74. The number of ether oxygens (including phenoxy) is 1. The van der Waals surface area contributed by atoms with E-state index >= 15 is 0 Å². The van der Waals surface area contributed by atoms with E-state index < -0.39 is 48.3 Å². The molecule has 0 saturated carbocycles. The molecule has 13 heteroatoms. The Balaban J connectivity index is 2.30. The van der Waals surface area contributed by atoms with Crippen molar-refractivity contribution in [1.29, 1.82) is 0 Å². The molecule has 0 aliphatic carbocycles. The highest BCUT2D eigenvalue weighted by atomic mass is 19.4. The summed E-state index contributed by atoms with van der Waals surface area (Å²) < 4.78 is 79.4. The van der Waals surface area contributed by atoms with Crippen molar-refractivity contribution in [3.8, 4) is 6.01 Å². The molecule has 0 saturated heterocycles. The van der Waals surface area contributed by atoms with Gasteiger partial charge in [0.2, 0.25) is 17.8 Å². The quantitative estimate of drug-likeness (QED) is 0.753. The minimum atomic E-state index is -4.67. The molecular formula is C14H11F6N5O2. The minimum absolute atomic E-state index is 0.0911. The molecule has 7 nitrogen and oxygen atoms in total. The monoisotopic (exact) mass is 395 g/mol. The van der Waals surface area contributed by atoms with Gasteiger partial charge in [-0.3, -0.25) is 10.1 Å². The molecule has 0 aliphatic rings. The van der Waals surface area contributed by atoms with Gasteiger partial charge in [-0.05, 0) is 18.2 Å². The number of anilines is 3. The van der Waals surface area contributed by atoms with Crippen molar-refractivity contribution in [2.45, 2.75) is 19.3 Å². The Morgan fingerprint density at radius 3 is 2.33 bits per heavy atom. The first-order chi connectivity index (χ1) is 12.4. The summed E-state index contributed by atoms with van der Waals surface area (Å²) in [7, 11) is 0. The zero-order valence-electron chi connectivity index (χ0n) is 13.4. The van der Waals surface area contributed by atoms with Gasteiger partial charge < -0.3 is 10.1 Å². The van der Waals surface area contributed by atoms with E-state index in [2.05, 4.69) is 30.3 Å². The van der Waals surface area contributed by atoms with Crippen LogP contribution in [0.15, 0.2) is 24.3 Å². The maximum absolute atomic E-state index is 12.7. The second-order valence-corrected chi connectivity index (χ2v) is 5.05. The lowest BCUT2D eigenvalue weighted by atomic mass is 10.2. The van der Waals surface area contributed by atoms with Gasteiger partial charge in [0.05, 0.1) is 5.56 Å². The number of nitrogens with zero attached hydrogens (tertiary/aromatic N) is 3. The molecule has 1 amide bonds. The number of aromatic nitrogens is 3. The van der Waals surface area contributed by atoms with Gasteiger partial charge >= 0.3 is 18.4 Å². The summed E-state index contributed by atoms with van der Waals surface area (Å²) in [6.45, 7) is -0.612. The molecule has 0 radical (unpaired) electrons. The number of hydrogen-bond donors (Lipinski definition) is 2. The number of rotatable bonds is 5. The van der Waals surface area contributed by atoms with Crippen molar-refractivity contribution in [2.75, 3.05) is 17.2 Å². The molecule has 0 spiro atoms. The van der Waals surface area contributed by atoms with E-state index in [1.807, 2.05) is 0 Å². The van der Waals surface area contributed by atoms with E-state index in [1.165, 1.54) is 6.07 Å². The minimum Gasteiger partial charge on any atom is -0.454 e. The van der Waals surface area contributed by atoms with E-state index in [9.17, 15) is 31.1 Å². The fraction of sp³-hybridized carbons (Fsp3) is 0.286. The van der Waals surface area contributed by atoms with Gasteiger partial charge in [0.15, 0.2) is 6.61 Å². The van der Waals surface area contributed by atoms with Crippen molar-refractivity contribution in [2.24, 2.45) is 0 Å². The Kier molecular flexibility index (Phi) is 5.71. The van der Waals surface area contributed by atoms with Gasteiger partial charge in [0.1, 0.15) is 0 Å². The third-order valence-electron chi connectivity index (χ3n) is 2.71. The van der Waals surface area contributed by atoms with Crippen LogP contribution in [-0.2, 0) is 11.0 Å². The Labute approximate surface area is 147 Å². The summed E-state index contributed by atoms with van der Waals surface area (Å²) in [4.78, 5) is 21.8. The molecule has 0 bridgehead atoms. The highest BCUT2D eigenvalue weighted by Crippen LogP contribution is 2.31. The molecule has 1 heterocycles. The lowest BCUT2D eigenvalue weighted by molar-refractivity contribution is -0.154. The third-order valence-corrected chi connectivity index (χ3v) is 2.71. The lowest BCUT2D eigenvalue weighted by Crippen LogP contribution is -2.21. The SMILES string of the molecule is CC(=O)Nc1nc(Nc2cccc(C(F)(F)F)c2)nc(OCC(F)(F)F)n1. The van der Waals surface area contributed by atoms with Crippen LogP contribution in [0.1, 0.15) is 12.5 Å². The van der Waals surface area contributed by atoms with E-state index in [1.54, 1.807) is 0 Å². The summed E-state index contributed by atoms with van der Waals surface area (Å²) in [5.41, 5.74) is -1.05. The third kappa shape index (κ3) is 6.60. The summed E-state index contributed by atoms with van der Waals surface area (Å²) in [6, 6.07) is 3.17. The summed E-state index contributed by atoms with van der Waals surface area (Å²) in [5, 5.41) is 4.51. The van der Waals surface area contributed by atoms with Crippen LogP contribution in [0, 0.1) is 0 Å². The normalized spacial score (nSPS) is 11.8. The van der Waals surface area contributed by atoms with E-state index in [0.717, 1.165) is 25.1 Å². The van der Waals surface area contributed by atoms with Crippen LogP contribution >= 0.6 is 0 Å². The van der Waals surface area contributed by atoms with Crippen LogP contribution in [0.4, 0.5) is 43.9 Å². The van der Waals surface area contributed by atoms with Crippen LogP contribution in [0.5, 0.6) is 6.01 Å². The molecule has 0 fully saturated rings. The van der Waals surface area contributed by atoms with E-state index in [-0.39, 0.29) is 5.69 Å². The first-order valence-electron chi connectivity index (χ1n) is 7.10. The lowest BCUT2D eigenvalue weighted by Gasteiger charge is -2.12. The number of carbonyl (C=O) groups excluding carboxylic acids is 1. The zero-order valence-corrected chi connectivity index (χ0v) is 13.4. The van der Waals surface area contributed by atoms with E-state index in [4.69, 9.17) is 0 Å². The molecule has 1 aromatic carbocycles. The largest absolute Gasteiger partial charge is 0.454 e. The van der Waals surface area contributed by atoms with Gasteiger partial charge in [-0.15, -0.1) is 0 Å². The first-order valence-corrected chi connectivity index (χ1v) is 7.10. The van der Waals surface area contributed by atoms with Gasteiger partial charge in [-0.25, -0.2) is 0 Å². The number of carbonyl (C=O) groups is 1. The predicted octanol–water partition coefficient (Wildman–Crippen LogP) is 3.53. The molecule has 2 N–H and O–H groups in total. The molecule has 0 unspecified atom stereocenters. The maximum atomic E-state index is 12.7. The van der Waals surface area contributed by atoms with Gasteiger partial charge in [0, 0.05) is 12.6 Å². The molecule has 27 heavy (non-hydrogen) atoms. The zero-order chi connectivity index (χ0) is 20.2. The standard InChI is InChI=1S/C14H11F6N5O2/c1-7(26)21-10-23-11(25-12(24-10)27-6-13(15,16)17)22-9-4-2-3-8(5-9)14(18,19)20/h2-5H,6H2,1H3,(H2,21,22,23,24,25,26). The molecule has 0 atom stereocenters. The number of alkyl halides is 6. The predicted molar refractivity (Wildman–Crippen MR) is 80.4 cm³/mol. The molecular weight excluding hydrogens is 384 g/mol. The smallest absolute Gasteiger partial charge is 0.422 e. The summed E-state index contributed by atoms with van der Waals surface area (Å²) in [5.74, 6) is -1.50. The van der Waals surface area contributed by atoms with Crippen LogP contribution in [0.25, 0.3) is 0 Å². The van der Waals surface area contributed by atoms with Crippen LogP contribution < -0.4 is 15.4 Å². The Morgan fingerprint density at radius 2 is 1.74 bits per heavy atom. The van der Waals surface area contributed by atoms with Gasteiger partial charge in [0.25, 0.3) is 0 Å². The average molecular weight is 395 g/mol.